The van der Waals surface area contributed by atoms with E-state index in [4.69, 9.17) is 20.1 Å². The molecule has 5 nitrogen and oxygen atoms in total. The highest BCUT2D eigenvalue weighted by Gasteiger charge is 1.97. The molecule has 0 amide bonds. The number of ether oxygens (including phenoxy) is 1. The summed E-state index contributed by atoms with van der Waals surface area (Å²) in [4.78, 5) is 9.60. The molecule has 0 spiro atoms. The Labute approximate surface area is 90.0 Å². The van der Waals surface area contributed by atoms with Gasteiger partial charge in [-0.1, -0.05) is 13.5 Å². The van der Waals surface area contributed by atoms with Crippen LogP contribution in [0.15, 0.2) is 12.2 Å². The molecule has 0 rings (SSSR count). The van der Waals surface area contributed by atoms with Crippen molar-refractivity contribution in [1.29, 1.82) is 0 Å². The number of carboxylic acid groups (broad SMARTS) is 1. The summed E-state index contributed by atoms with van der Waals surface area (Å²) in [6.07, 6.45) is 0.322. The Balaban J connectivity index is 0. The van der Waals surface area contributed by atoms with Crippen LogP contribution in [0.3, 0.4) is 0 Å². The van der Waals surface area contributed by atoms with E-state index in [-0.39, 0.29) is 18.3 Å². The van der Waals surface area contributed by atoms with Crippen LogP contribution in [-0.2, 0) is 9.53 Å². The molecule has 0 aliphatic heterocycles. The molecule has 0 saturated heterocycles. The molecule has 0 aliphatic carbocycles. The Morgan fingerprint density at radius 3 is 2.27 bits per heavy atom. The highest BCUT2D eigenvalue weighted by atomic mass is 16.5. The number of aliphatic carboxylic acids is 1. The molecule has 3 N–H and O–H groups in total. The topological polar surface area (TPSA) is 87.0 Å². The third-order valence-electron chi connectivity index (χ3n) is 1.38. The molecule has 0 aromatic heterocycles. The van der Waals surface area contributed by atoms with E-state index in [1.54, 1.807) is 0 Å². The fourth-order valence-electron chi connectivity index (χ4n) is 0.402. The Bertz CT molecular complexity index is 167. The van der Waals surface area contributed by atoms with Crippen LogP contribution < -0.4 is 0 Å². The van der Waals surface area contributed by atoms with Crippen molar-refractivity contribution in [3.63, 3.8) is 0 Å². The van der Waals surface area contributed by atoms with Gasteiger partial charge in [-0.15, -0.1) is 0 Å². The maximum absolute atomic E-state index is 9.60. The fraction of sp³-hybridized carbons (Fsp3) is 0.700. The molecule has 0 aliphatic rings. The zero-order chi connectivity index (χ0) is 12.3. The maximum atomic E-state index is 9.60. The molecule has 0 bridgehead atoms. The molecular formula is C10H20O5. The first-order valence-electron chi connectivity index (χ1n) is 4.71. The van der Waals surface area contributed by atoms with Gasteiger partial charge in [-0.05, 0) is 13.3 Å². The molecule has 90 valence electrons. The van der Waals surface area contributed by atoms with Crippen molar-refractivity contribution < 1.29 is 24.9 Å². The number of carbonyl (C=O) groups is 1. The van der Waals surface area contributed by atoms with Crippen molar-refractivity contribution in [3.05, 3.63) is 12.2 Å². The Morgan fingerprint density at radius 1 is 1.53 bits per heavy atom. The number of hydrogen-bond acceptors (Lipinski definition) is 4. The van der Waals surface area contributed by atoms with E-state index in [0.29, 0.717) is 19.6 Å². The minimum Gasteiger partial charge on any atom is -0.478 e. The van der Waals surface area contributed by atoms with Crippen molar-refractivity contribution in [2.75, 3.05) is 19.8 Å². The molecule has 0 aromatic rings. The minimum atomic E-state index is -0.935. The largest absolute Gasteiger partial charge is 0.478 e. The quantitative estimate of drug-likeness (QED) is 0.446. The normalized spacial score (nSPS) is 11.2. The van der Waals surface area contributed by atoms with Gasteiger partial charge in [-0.3, -0.25) is 0 Å². The van der Waals surface area contributed by atoms with Gasteiger partial charge in [0.25, 0.3) is 0 Å². The van der Waals surface area contributed by atoms with Crippen molar-refractivity contribution in [2.24, 2.45) is 0 Å². The van der Waals surface area contributed by atoms with Crippen molar-refractivity contribution >= 4 is 5.97 Å². The third kappa shape index (κ3) is 15.8. The molecule has 0 radical (unpaired) electrons. The molecule has 0 aromatic carbocycles. The van der Waals surface area contributed by atoms with E-state index in [2.05, 4.69) is 6.58 Å². The number of aliphatic hydroxyl groups excluding tert-OH is 2. The fourth-order valence-corrected chi connectivity index (χ4v) is 0.402. The summed E-state index contributed by atoms with van der Waals surface area (Å²) in [5, 5.41) is 25.0. The lowest BCUT2D eigenvalue weighted by molar-refractivity contribution is -0.132. The lowest BCUT2D eigenvalue weighted by Crippen LogP contribution is -2.15. The van der Waals surface area contributed by atoms with Crippen molar-refractivity contribution in [1.82, 2.24) is 0 Å². The maximum Gasteiger partial charge on any atom is 0.330 e. The molecule has 15 heavy (non-hydrogen) atoms. The molecule has 0 fully saturated rings. The van der Waals surface area contributed by atoms with Crippen molar-refractivity contribution in [3.8, 4) is 0 Å². The Morgan fingerprint density at radius 2 is 2.00 bits per heavy atom. The second kappa shape index (κ2) is 11.2. The molecule has 1 atom stereocenters. The lowest BCUT2D eigenvalue weighted by Gasteiger charge is -2.06. The van der Waals surface area contributed by atoms with Crippen LogP contribution in [0, 0.1) is 0 Å². The number of hydrogen-bond donors (Lipinski definition) is 3. The van der Waals surface area contributed by atoms with E-state index >= 15 is 0 Å². The standard InChI is InChI=1S/C6H14O3.C4H6O2/c1-2-6(8)5-9-4-3-7;1-3(2)4(5)6/h6-8H,2-5H2,1H3;1H2,2H3,(H,5,6). The van der Waals surface area contributed by atoms with E-state index in [9.17, 15) is 4.79 Å². The highest BCUT2D eigenvalue weighted by Crippen LogP contribution is 1.89. The molecule has 1 unspecified atom stereocenters. The van der Waals surface area contributed by atoms with Gasteiger partial charge in [0.15, 0.2) is 0 Å². The van der Waals surface area contributed by atoms with E-state index in [0.717, 1.165) is 0 Å². The monoisotopic (exact) mass is 220 g/mol. The van der Waals surface area contributed by atoms with Crippen LogP contribution in [0.2, 0.25) is 0 Å². The average molecular weight is 220 g/mol. The number of rotatable bonds is 6. The first kappa shape index (κ1) is 16.5. The summed E-state index contributed by atoms with van der Waals surface area (Å²) in [5.74, 6) is -0.935. The SMILES string of the molecule is C=C(C)C(=O)O.CCC(O)COCCO. The van der Waals surface area contributed by atoms with Gasteiger partial charge in [-0.25, -0.2) is 4.79 Å². The summed E-state index contributed by atoms with van der Waals surface area (Å²) in [6, 6.07) is 0. The van der Waals surface area contributed by atoms with E-state index in [1.165, 1.54) is 6.92 Å². The third-order valence-corrected chi connectivity index (χ3v) is 1.38. The van der Waals surface area contributed by atoms with E-state index < -0.39 is 5.97 Å². The summed E-state index contributed by atoms with van der Waals surface area (Å²) in [5.41, 5.74) is 0.176. The van der Waals surface area contributed by atoms with E-state index in [1.807, 2.05) is 6.92 Å². The summed E-state index contributed by atoms with van der Waals surface area (Å²) in [7, 11) is 0. The zero-order valence-electron chi connectivity index (χ0n) is 9.27. The lowest BCUT2D eigenvalue weighted by atomic mass is 10.3. The Kier molecular flexibility index (Phi) is 12.3. The Hall–Kier alpha value is -0.910. The van der Waals surface area contributed by atoms with Crippen LogP contribution >= 0.6 is 0 Å². The summed E-state index contributed by atoms with van der Waals surface area (Å²) in [6.45, 7) is 7.15. The summed E-state index contributed by atoms with van der Waals surface area (Å²) < 4.78 is 4.84. The molecule has 0 heterocycles. The zero-order valence-corrected chi connectivity index (χ0v) is 9.27. The van der Waals surface area contributed by atoms with Gasteiger partial charge in [0.2, 0.25) is 0 Å². The van der Waals surface area contributed by atoms with Gasteiger partial charge in [0.05, 0.1) is 25.9 Å². The van der Waals surface area contributed by atoms with Crippen LogP contribution in [-0.4, -0.2) is 47.2 Å². The molecule has 0 saturated carbocycles. The first-order chi connectivity index (χ1) is 6.95. The first-order valence-corrected chi connectivity index (χ1v) is 4.71. The number of aliphatic hydroxyl groups is 2. The second-order valence-corrected chi connectivity index (χ2v) is 2.95. The molecular weight excluding hydrogens is 200 g/mol. The van der Waals surface area contributed by atoms with Gasteiger partial charge >= 0.3 is 5.97 Å². The molecule has 5 heteroatoms. The highest BCUT2D eigenvalue weighted by molar-refractivity contribution is 5.84. The predicted octanol–water partition coefficient (Wildman–Crippen LogP) is 0.413. The van der Waals surface area contributed by atoms with Gasteiger partial charge < -0.3 is 20.1 Å². The average Bonchev–Trinajstić information content (AvgIpc) is 2.18. The van der Waals surface area contributed by atoms with Gasteiger partial charge in [-0.2, -0.15) is 0 Å². The van der Waals surface area contributed by atoms with Gasteiger partial charge in [0.1, 0.15) is 0 Å². The van der Waals surface area contributed by atoms with Crippen LogP contribution in [0.1, 0.15) is 20.3 Å². The smallest absolute Gasteiger partial charge is 0.330 e. The summed E-state index contributed by atoms with van der Waals surface area (Å²) >= 11 is 0. The second-order valence-electron chi connectivity index (χ2n) is 2.95. The van der Waals surface area contributed by atoms with Crippen LogP contribution in [0.5, 0.6) is 0 Å². The van der Waals surface area contributed by atoms with Crippen LogP contribution in [0.4, 0.5) is 0 Å². The minimum absolute atomic E-state index is 0.0242. The number of carboxylic acids is 1. The van der Waals surface area contributed by atoms with Crippen LogP contribution in [0.25, 0.3) is 0 Å². The van der Waals surface area contributed by atoms with Gasteiger partial charge in [0, 0.05) is 5.57 Å². The predicted molar refractivity (Wildman–Crippen MR) is 56.7 cm³/mol. The van der Waals surface area contributed by atoms with Crippen molar-refractivity contribution in [2.45, 2.75) is 26.4 Å².